The van der Waals surface area contributed by atoms with E-state index in [1.54, 1.807) is 4.90 Å². The van der Waals surface area contributed by atoms with Gasteiger partial charge < -0.3 is 25.3 Å². The first-order valence-electron chi connectivity index (χ1n) is 10.1. The highest BCUT2D eigenvalue weighted by atomic mass is 16.3. The Bertz CT molecular complexity index is 854. The largest absolute Gasteiger partial charge is 0.388 e. The number of carbonyl (C=O) groups excluding carboxylic acids is 2. The van der Waals surface area contributed by atoms with Crippen molar-refractivity contribution < 1.29 is 19.8 Å². The van der Waals surface area contributed by atoms with Gasteiger partial charge in [-0.15, -0.1) is 0 Å². The van der Waals surface area contributed by atoms with E-state index in [-0.39, 0.29) is 0 Å². The monoisotopic (exact) mass is 411 g/mol. The predicted octanol–water partition coefficient (Wildman–Crippen LogP) is 1.89. The standard InChI is InChI=1S/C23H29N3O4/c1-23(2,30)21(20(28)16-27)24-22(29)26-14-12-25(13-15-26)19-10-8-18(9-11-19)17-6-4-3-5-7-17/h3-11,21,27,30H,12-16H2,1-2H3,(H,24,29)/t21-/m0/s1. The third kappa shape index (κ3) is 5.17. The molecule has 0 aromatic heterocycles. The number of rotatable bonds is 6. The summed E-state index contributed by atoms with van der Waals surface area (Å²) in [6.07, 6.45) is 0. The van der Waals surface area contributed by atoms with E-state index in [1.165, 1.54) is 19.4 Å². The highest BCUT2D eigenvalue weighted by Crippen LogP contribution is 2.24. The first-order valence-corrected chi connectivity index (χ1v) is 10.1. The van der Waals surface area contributed by atoms with Gasteiger partial charge in [0.2, 0.25) is 0 Å². The Morgan fingerprint density at radius 3 is 2.07 bits per heavy atom. The molecule has 3 rings (SSSR count). The number of hydrogen-bond acceptors (Lipinski definition) is 5. The van der Waals surface area contributed by atoms with E-state index >= 15 is 0 Å². The Balaban J connectivity index is 1.58. The van der Waals surface area contributed by atoms with Crippen LogP contribution in [0.4, 0.5) is 10.5 Å². The zero-order chi connectivity index (χ0) is 21.7. The average Bonchev–Trinajstić information content (AvgIpc) is 2.77. The zero-order valence-corrected chi connectivity index (χ0v) is 17.4. The lowest BCUT2D eigenvalue weighted by molar-refractivity contribution is -0.129. The fourth-order valence-electron chi connectivity index (χ4n) is 3.62. The van der Waals surface area contributed by atoms with Gasteiger partial charge in [-0.3, -0.25) is 4.79 Å². The second-order valence-electron chi connectivity index (χ2n) is 8.05. The fourth-order valence-corrected chi connectivity index (χ4v) is 3.62. The van der Waals surface area contributed by atoms with Crippen LogP contribution in [0.15, 0.2) is 54.6 Å². The van der Waals surface area contributed by atoms with Crippen molar-refractivity contribution >= 4 is 17.5 Å². The van der Waals surface area contributed by atoms with Crippen molar-refractivity contribution in [1.82, 2.24) is 10.2 Å². The molecule has 2 aromatic rings. The second-order valence-corrected chi connectivity index (χ2v) is 8.05. The summed E-state index contributed by atoms with van der Waals surface area (Å²) in [6, 6.07) is 17.0. The number of piperazine rings is 1. The molecule has 2 aromatic carbocycles. The number of nitrogens with one attached hydrogen (secondary N) is 1. The van der Waals surface area contributed by atoms with Crippen LogP contribution in [-0.2, 0) is 4.79 Å². The summed E-state index contributed by atoms with van der Waals surface area (Å²) in [6.45, 7) is 4.46. The highest BCUT2D eigenvalue weighted by Gasteiger charge is 2.35. The Morgan fingerprint density at radius 2 is 1.53 bits per heavy atom. The maximum absolute atomic E-state index is 12.6. The fraction of sp³-hybridized carbons (Fsp3) is 0.391. The Morgan fingerprint density at radius 1 is 0.967 bits per heavy atom. The molecule has 2 amide bonds. The number of aliphatic hydroxyl groups excluding tert-OH is 1. The summed E-state index contributed by atoms with van der Waals surface area (Å²) in [5.74, 6) is -0.618. The van der Waals surface area contributed by atoms with E-state index in [9.17, 15) is 14.7 Å². The molecule has 1 atom stereocenters. The lowest BCUT2D eigenvalue weighted by Crippen LogP contribution is -2.60. The van der Waals surface area contributed by atoms with Crippen LogP contribution in [0, 0.1) is 0 Å². The number of hydrogen-bond donors (Lipinski definition) is 3. The lowest BCUT2D eigenvalue weighted by Gasteiger charge is -2.37. The average molecular weight is 412 g/mol. The van der Waals surface area contributed by atoms with Crippen molar-refractivity contribution in [3.05, 3.63) is 54.6 Å². The van der Waals surface area contributed by atoms with E-state index in [0.717, 1.165) is 11.3 Å². The Kier molecular flexibility index (Phi) is 6.74. The molecule has 7 heteroatoms. The minimum Gasteiger partial charge on any atom is -0.388 e. The maximum Gasteiger partial charge on any atom is 0.318 e. The van der Waals surface area contributed by atoms with E-state index in [1.807, 2.05) is 18.2 Å². The molecule has 1 heterocycles. The van der Waals surface area contributed by atoms with E-state index in [0.29, 0.717) is 26.2 Å². The van der Waals surface area contributed by atoms with Gasteiger partial charge in [-0.1, -0.05) is 42.5 Å². The third-order valence-corrected chi connectivity index (χ3v) is 5.36. The van der Waals surface area contributed by atoms with E-state index < -0.39 is 30.1 Å². The number of nitrogens with zero attached hydrogens (tertiary/aromatic N) is 2. The Hall–Kier alpha value is -2.90. The van der Waals surface area contributed by atoms with Crippen molar-refractivity contribution in [2.75, 3.05) is 37.7 Å². The molecule has 1 aliphatic rings. The number of carbonyl (C=O) groups is 2. The van der Waals surface area contributed by atoms with Crippen LogP contribution in [-0.4, -0.2) is 71.4 Å². The molecule has 1 fully saturated rings. The molecule has 0 saturated carbocycles. The van der Waals surface area contributed by atoms with Crippen molar-refractivity contribution in [2.24, 2.45) is 0 Å². The maximum atomic E-state index is 12.6. The predicted molar refractivity (Wildman–Crippen MR) is 116 cm³/mol. The first-order chi connectivity index (χ1) is 14.3. The normalized spacial score (nSPS) is 15.6. The van der Waals surface area contributed by atoms with E-state index in [2.05, 4.69) is 46.6 Å². The van der Waals surface area contributed by atoms with Gasteiger partial charge in [0.25, 0.3) is 0 Å². The number of anilines is 1. The number of aliphatic hydroxyl groups is 2. The molecular weight excluding hydrogens is 382 g/mol. The van der Waals surface area contributed by atoms with Crippen LogP contribution in [0.3, 0.4) is 0 Å². The van der Waals surface area contributed by atoms with Crippen LogP contribution in [0.2, 0.25) is 0 Å². The van der Waals surface area contributed by atoms with Crippen LogP contribution in [0.5, 0.6) is 0 Å². The van der Waals surface area contributed by atoms with Crippen LogP contribution in [0.25, 0.3) is 11.1 Å². The van der Waals surface area contributed by atoms with Gasteiger partial charge >= 0.3 is 6.03 Å². The SMILES string of the molecule is CC(C)(O)[C@@H](NC(=O)N1CCN(c2ccc(-c3ccccc3)cc2)CC1)C(=O)CO. The quantitative estimate of drug-likeness (QED) is 0.675. The number of amides is 2. The zero-order valence-electron chi connectivity index (χ0n) is 17.4. The summed E-state index contributed by atoms with van der Waals surface area (Å²) in [7, 11) is 0. The minimum absolute atomic E-state index is 0.414. The number of benzene rings is 2. The highest BCUT2D eigenvalue weighted by molar-refractivity contribution is 5.90. The topological polar surface area (TPSA) is 93.1 Å². The van der Waals surface area contributed by atoms with Crippen molar-refractivity contribution in [1.29, 1.82) is 0 Å². The molecule has 0 radical (unpaired) electrons. The number of urea groups is 1. The van der Waals surface area contributed by atoms with Crippen LogP contribution >= 0.6 is 0 Å². The molecule has 30 heavy (non-hydrogen) atoms. The van der Waals surface area contributed by atoms with Gasteiger partial charge in [0.1, 0.15) is 12.6 Å². The van der Waals surface area contributed by atoms with Crippen LogP contribution in [0.1, 0.15) is 13.8 Å². The number of ketones is 1. The molecule has 1 aliphatic heterocycles. The lowest BCUT2D eigenvalue weighted by atomic mass is 9.95. The summed E-state index contributed by atoms with van der Waals surface area (Å²) in [5.41, 5.74) is 1.96. The summed E-state index contributed by atoms with van der Waals surface area (Å²) in [4.78, 5) is 28.3. The van der Waals surface area contributed by atoms with Crippen molar-refractivity contribution in [3.63, 3.8) is 0 Å². The molecule has 7 nitrogen and oxygen atoms in total. The molecule has 0 spiro atoms. The summed E-state index contributed by atoms with van der Waals surface area (Å²) >= 11 is 0. The van der Waals surface area contributed by atoms with Gasteiger partial charge in [-0.25, -0.2) is 4.79 Å². The van der Waals surface area contributed by atoms with Gasteiger partial charge in [-0.2, -0.15) is 0 Å². The van der Waals surface area contributed by atoms with E-state index in [4.69, 9.17) is 5.11 Å². The molecule has 160 valence electrons. The molecular formula is C23H29N3O4. The third-order valence-electron chi connectivity index (χ3n) is 5.36. The van der Waals surface area contributed by atoms with Gasteiger partial charge in [0.15, 0.2) is 5.78 Å². The first kappa shape index (κ1) is 21.8. The van der Waals surface area contributed by atoms with Gasteiger partial charge in [-0.05, 0) is 37.1 Å². The summed E-state index contributed by atoms with van der Waals surface area (Å²) in [5, 5.41) is 21.8. The molecule has 1 saturated heterocycles. The van der Waals surface area contributed by atoms with Gasteiger partial charge in [0, 0.05) is 31.9 Å². The molecule has 0 bridgehead atoms. The number of Topliss-reactive ketones (excluding diaryl/α,β-unsaturated/α-hetero) is 1. The molecule has 0 aliphatic carbocycles. The van der Waals surface area contributed by atoms with Crippen molar-refractivity contribution in [2.45, 2.75) is 25.5 Å². The smallest absolute Gasteiger partial charge is 0.318 e. The minimum atomic E-state index is -1.46. The summed E-state index contributed by atoms with van der Waals surface area (Å²) < 4.78 is 0. The molecule has 0 unspecified atom stereocenters. The molecule has 3 N–H and O–H groups in total. The Labute approximate surface area is 176 Å². The van der Waals surface area contributed by atoms with Gasteiger partial charge in [0.05, 0.1) is 5.60 Å². The second kappa shape index (κ2) is 9.28. The van der Waals surface area contributed by atoms with Crippen molar-refractivity contribution in [3.8, 4) is 11.1 Å². The van der Waals surface area contributed by atoms with Crippen LogP contribution < -0.4 is 10.2 Å².